The summed E-state index contributed by atoms with van der Waals surface area (Å²) in [5.41, 5.74) is 1.02. The second-order valence-corrected chi connectivity index (χ2v) is 5.45. The molecule has 2 rings (SSSR count). The number of benzene rings is 1. The first-order chi connectivity index (χ1) is 9.58. The van der Waals surface area contributed by atoms with Crippen molar-refractivity contribution in [1.29, 1.82) is 0 Å². The van der Waals surface area contributed by atoms with Crippen molar-refractivity contribution in [2.45, 2.75) is 36.9 Å². The summed E-state index contributed by atoms with van der Waals surface area (Å²) in [7, 11) is 0. The number of esters is 1. The lowest BCUT2D eigenvalue weighted by atomic mass is 10.2. The smallest absolute Gasteiger partial charge is 0.303 e. The molecule has 1 fully saturated rings. The highest BCUT2D eigenvalue weighted by Crippen LogP contribution is 2.30. The van der Waals surface area contributed by atoms with Crippen LogP contribution in [0.3, 0.4) is 0 Å². The van der Waals surface area contributed by atoms with Gasteiger partial charge in [-0.05, 0) is 5.56 Å². The molecule has 0 amide bonds. The van der Waals surface area contributed by atoms with Crippen molar-refractivity contribution in [3.63, 3.8) is 0 Å². The average molecular weight is 347 g/mol. The van der Waals surface area contributed by atoms with E-state index >= 15 is 0 Å². The van der Waals surface area contributed by atoms with Crippen LogP contribution >= 0.6 is 15.9 Å². The molecule has 0 N–H and O–H groups in total. The third kappa shape index (κ3) is 4.01. The summed E-state index contributed by atoms with van der Waals surface area (Å²) in [6.07, 6.45) is -2.95. The van der Waals surface area contributed by atoms with Crippen molar-refractivity contribution in [1.82, 2.24) is 0 Å². The van der Waals surface area contributed by atoms with E-state index in [9.17, 15) is 9.18 Å². The molecule has 0 unspecified atom stereocenters. The first-order valence-electron chi connectivity index (χ1n) is 6.30. The van der Waals surface area contributed by atoms with Crippen LogP contribution in [-0.4, -0.2) is 36.0 Å². The molecule has 1 aromatic carbocycles. The second-order valence-electron chi connectivity index (χ2n) is 4.54. The van der Waals surface area contributed by atoms with Crippen molar-refractivity contribution in [2.24, 2.45) is 0 Å². The van der Waals surface area contributed by atoms with Gasteiger partial charge in [0.1, 0.15) is 11.1 Å². The lowest BCUT2D eigenvalue weighted by molar-refractivity contribution is -0.153. The van der Waals surface area contributed by atoms with Gasteiger partial charge in [-0.3, -0.25) is 4.79 Å². The van der Waals surface area contributed by atoms with Gasteiger partial charge < -0.3 is 14.2 Å². The van der Waals surface area contributed by atoms with Crippen LogP contribution in [0.2, 0.25) is 0 Å². The summed E-state index contributed by atoms with van der Waals surface area (Å²) >= 11 is 3.07. The Bertz CT molecular complexity index is 442. The van der Waals surface area contributed by atoms with Crippen LogP contribution in [0, 0.1) is 0 Å². The van der Waals surface area contributed by atoms with Crippen molar-refractivity contribution in [2.75, 3.05) is 6.61 Å². The van der Waals surface area contributed by atoms with E-state index in [1.165, 1.54) is 6.92 Å². The van der Waals surface area contributed by atoms with Crippen LogP contribution in [0.4, 0.5) is 4.39 Å². The third-order valence-corrected chi connectivity index (χ3v) is 3.65. The highest BCUT2D eigenvalue weighted by molar-refractivity contribution is 9.09. The average Bonchev–Trinajstić information content (AvgIpc) is 2.67. The fourth-order valence-corrected chi connectivity index (χ4v) is 2.59. The fourth-order valence-electron chi connectivity index (χ4n) is 2.01. The Morgan fingerprint density at radius 2 is 2.10 bits per heavy atom. The summed E-state index contributed by atoms with van der Waals surface area (Å²) in [6.45, 7) is 1.81. The highest BCUT2D eigenvalue weighted by Gasteiger charge is 2.46. The summed E-state index contributed by atoms with van der Waals surface area (Å²) < 4.78 is 29.7. The Balaban J connectivity index is 1.85. The minimum Gasteiger partial charge on any atom is -0.456 e. The lowest BCUT2D eigenvalue weighted by Gasteiger charge is -2.19. The number of carbonyl (C=O) groups is 1. The lowest BCUT2D eigenvalue weighted by Crippen LogP contribution is -2.35. The van der Waals surface area contributed by atoms with Crippen LogP contribution in [0.15, 0.2) is 30.3 Å². The number of halogens is 2. The number of carbonyl (C=O) groups excluding carboxylic acids is 1. The Hall–Kier alpha value is -0.980. The topological polar surface area (TPSA) is 44.8 Å². The molecule has 6 heteroatoms. The van der Waals surface area contributed by atoms with Gasteiger partial charge in [0.25, 0.3) is 0 Å². The Morgan fingerprint density at radius 3 is 2.75 bits per heavy atom. The molecule has 1 saturated heterocycles. The zero-order chi connectivity index (χ0) is 14.5. The molecule has 0 bridgehead atoms. The first kappa shape index (κ1) is 15.4. The van der Waals surface area contributed by atoms with Crippen molar-refractivity contribution in [3.8, 4) is 0 Å². The van der Waals surface area contributed by atoms with Crippen molar-refractivity contribution in [3.05, 3.63) is 35.9 Å². The van der Waals surface area contributed by atoms with Crippen LogP contribution < -0.4 is 0 Å². The van der Waals surface area contributed by atoms with Gasteiger partial charge in [0.05, 0.1) is 13.2 Å². The number of ether oxygens (including phenoxy) is 3. The minimum absolute atomic E-state index is 0.162. The maximum absolute atomic E-state index is 13.8. The molecule has 0 saturated carbocycles. The molecule has 1 heterocycles. The second kappa shape index (κ2) is 7.15. The quantitative estimate of drug-likeness (QED) is 0.607. The highest BCUT2D eigenvalue weighted by atomic mass is 79.9. The SMILES string of the molecule is CC(=O)O[C@H]1[C@H](F)[C@@H](Br)O[C@@H]1COCc1ccccc1. The summed E-state index contributed by atoms with van der Waals surface area (Å²) in [4.78, 5) is 11.0. The Kier molecular flexibility index (Phi) is 5.51. The van der Waals surface area contributed by atoms with E-state index in [-0.39, 0.29) is 6.61 Å². The Morgan fingerprint density at radius 1 is 1.40 bits per heavy atom. The summed E-state index contributed by atoms with van der Waals surface area (Å²) in [5.74, 6) is -0.532. The molecule has 0 aliphatic carbocycles. The number of hydrogen-bond donors (Lipinski definition) is 0. The molecule has 1 aliphatic heterocycles. The van der Waals surface area contributed by atoms with Gasteiger partial charge in [-0.25, -0.2) is 4.39 Å². The molecule has 0 radical (unpaired) electrons. The van der Waals surface area contributed by atoms with Gasteiger partial charge in [0, 0.05) is 6.92 Å². The summed E-state index contributed by atoms with van der Waals surface area (Å²) in [6, 6.07) is 9.62. The molecule has 0 spiro atoms. The van der Waals surface area contributed by atoms with Crippen LogP contribution in [-0.2, 0) is 25.6 Å². The third-order valence-electron chi connectivity index (χ3n) is 2.93. The van der Waals surface area contributed by atoms with E-state index in [1.54, 1.807) is 0 Å². The van der Waals surface area contributed by atoms with Gasteiger partial charge >= 0.3 is 5.97 Å². The normalized spacial score (nSPS) is 29.4. The molecule has 1 aliphatic rings. The zero-order valence-electron chi connectivity index (χ0n) is 11.0. The van der Waals surface area contributed by atoms with E-state index in [0.717, 1.165) is 5.56 Å². The minimum atomic E-state index is -1.40. The van der Waals surface area contributed by atoms with E-state index in [1.807, 2.05) is 30.3 Å². The number of hydrogen-bond acceptors (Lipinski definition) is 4. The van der Waals surface area contributed by atoms with Crippen LogP contribution in [0.1, 0.15) is 12.5 Å². The molecular formula is C14H16BrFO4. The Labute approximate surface area is 125 Å². The van der Waals surface area contributed by atoms with E-state index < -0.39 is 29.4 Å². The summed E-state index contributed by atoms with van der Waals surface area (Å²) in [5, 5.41) is -0.780. The van der Waals surface area contributed by atoms with Crippen molar-refractivity contribution >= 4 is 21.9 Å². The molecule has 4 atom stereocenters. The maximum atomic E-state index is 13.8. The van der Waals surface area contributed by atoms with Gasteiger partial charge in [-0.15, -0.1) is 0 Å². The molecular weight excluding hydrogens is 331 g/mol. The first-order valence-corrected chi connectivity index (χ1v) is 7.22. The van der Waals surface area contributed by atoms with Gasteiger partial charge in [-0.2, -0.15) is 0 Å². The molecule has 4 nitrogen and oxygen atoms in total. The molecule has 0 aromatic heterocycles. The van der Waals surface area contributed by atoms with Crippen LogP contribution in [0.25, 0.3) is 0 Å². The monoisotopic (exact) mass is 346 g/mol. The molecule has 110 valence electrons. The van der Waals surface area contributed by atoms with Crippen molar-refractivity contribution < 1.29 is 23.4 Å². The molecule has 1 aromatic rings. The van der Waals surface area contributed by atoms with Gasteiger partial charge in [-0.1, -0.05) is 46.3 Å². The zero-order valence-corrected chi connectivity index (χ0v) is 12.6. The van der Waals surface area contributed by atoms with E-state index in [4.69, 9.17) is 14.2 Å². The van der Waals surface area contributed by atoms with E-state index in [0.29, 0.717) is 6.61 Å². The maximum Gasteiger partial charge on any atom is 0.303 e. The predicted molar refractivity (Wildman–Crippen MR) is 74.1 cm³/mol. The number of rotatable bonds is 5. The van der Waals surface area contributed by atoms with Gasteiger partial charge in [0.2, 0.25) is 0 Å². The standard InChI is InChI=1S/C14H16BrFO4/c1-9(17)19-13-11(20-14(15)12(13)16)8-18-7-10-5-3-2-4-6-10/h2-6,11-14H,7-8H2,1H3/t11-,12+,13-,14+/m1/s1. The van der Waals surface area contributed by atoms with E-state index in [2.05, 4.69) is 15.9 Å². The predicted octanol–water partition coefficient (Wildman–Crippen LogP) is 2.59. The fraction of sp³-hybridized carbons (Fsp3) is 0.500. The number of alkyl halides is 2. The van der Waals surface area contributed by atoms with Crippen LogP contribution in [0.5, 0.6) is 0 Å². The van der Waals surface area contributed by atoms with Gasteiger partial charge in [0.15, 0.2) is 12.3 Å². The molecule has 20 heavy (non-hydrogen) atoms. The largest absolute Gasteiger partial charge is 0.456 e.